The highest BCUT2D eigenvalue weighted by molar-refractivity contribution is 5.70. The van der Waals surface area contributed by atoms with Crippen LogP contribution >= 0.6 is 0 Å². The number of imidazole rings is 1. The van der Waals surface area contributed by atoms with Crippen LogP contribution in [0.1, 0.15) is 0 Å². The first-order valence-corrected chi connectivity index (χ1v) is 6.82. The Hall–Kier alpha value is -3.32. The number of nitrogens with two attached hydrogens (primary N) is 2. The number of aliphatic hydroxyl groups is 1. The van der Waals surface area contributed by atoms with Crippen molar-refractivity contribution in [2.45, 2.75) is 6.73 Å². The molecule has 0 saturated heterocycles. The van der Waals surface area contributed by atoms with Crippen molar-refractivity contribution in [2.75, 3.05) is 24.7 Å². The average molecular weight is 354 g/mol. The lowest BCUT2D eigenvalue weighted by atomic mass is 10.5. The van der Waals surface area contributed by atoms with Crippen molar-refractivity contribution in [1.29, 1.82) is 0 Å². The molecule has 0 aliphatic carbocycles. The number of fused-ring (bicyclic) bond motifs is 1. The van der Waals surface area contributed by atoms with Crippen molar-refractivity contribution < 1.29 is 14.2 Å². The van der Waals surface area contributed by atoms with E-state index >= 15 is 0 Å². The third-order valence-corrected chi connectivity index (χ3v) is 2.75. The Morgan fingerprint density at radius 1 is 1.28 bits per heavy atom. The third kappa shape index (κ3) is 4.58. The summed E-state index contributed by atoms with van der Waals surface area (Å²) in [6.45, 7) is 0.300. The molecule has 13 heteroatoms. The van der Waals surface area contributed by atoms with E-state index in [-0.39, 0.29) is 42.8 Å². The van der Waals surface area contributed by atoms with Gasteiger partial charge in [0.05, 0.1) is 25.7 Å². The second-order valence-electron chi connectivity index (χ2n) is 4.55. The highest BCUT2D eigenvalue weighted by Crippen LogP contribution is 2.06. The zero-order valence-corrected chi connectivity index (χ0v) is 12.8. The number of anilines is 2. The van der Waals surface area contributed by atoms with E-state index in [4.69, 9.17) is 21.3 Å². The van der Waals surface area contributed by atoms with E-state index in [0.717, 1.165) is 6.20 Å². The number of halogens is 1. The first-order chi connectivity index (χ1) is 11.9. The Morgan fingerprint density at radius 3 is 2.68 bits per heavy atom. The number of aromatic amines is 2. The molecule has 3 aromatic rings. The van der Waals surface area contributed by atoms with E-state index in [2.05, 4.69) is 19.9 Å². The minimum Gasteiger partial charge on any atom is -0.394 e. The lowest BCUT2D eigenvalue weighted by molar-refractivity contribution is 0.0499. The standard InChI is InChI=1S/C8H11N5O3.C4H4FN3O/c9-8-11-6-5(7(15)12-8)10-3-13(6)4-16-2-1-14;5-2-1-7-4(9)8-3(2)6/h3,14H,1-2,4H2,(H3,9,11,12,15);1H,(H3,6,7,8,9). The van der Waals surface area contributed by atoms with Gasteiger partial charge in [0.15, 0.2) is 17.0 Å². The highest BCUT2D eigenvalue weighted by Gasteiger charge is 2.08. The highest BCUT2D eigenvalue weighted by atomic mass is 19.1. The summed E-state index contributed by atoms with van der Waals surface area (Å²) in [5.74, 6) is -0.967. The molecule has 0 aliphatic heterocycles. The van der Waals surface area contributed by atoms with Crippen LogP contribution in [0.4, 0.5) is 16.2 Å². The van der Waals surface area contributed by atoms with Crippen molar-refractivity contribution in [3.63, 3.8) is 0 Å². The summed E-state index contributed by atoms with van der Waals surface area (Å²) in [6, 6.07) is 0. The summed E-state index contributed by atoms with van der Waals surface area (Å²) in [7, 11) is 0. The second-order valence-corrected chi connectivity index (χ2v) is 4.55. The molecular formula is C12H15FN8O4. The SMILES string of the molecule is Nc1[nH]c(=O)ncc1F.Nc1nc2c(ncn2COCCO)c(=O)[nH]1. The molecule has 0 aromatic carbocycles. The number of aliphatic hydroxyl groups excluding tert-OH is 1. The van der Waals surface area contributed by atoms with Crippen molar-refractivity contribution in [1.82, 2.24) is 29.5 Å². The van der Waals surface area contributed by atoms with Crippen molar-refractivity contribution >= 4 is 22.9 Å². The zero-order chi connectivity index (χ0) is 18.4. The first-order valence-electron chi connectivity index (χ1n) is 6.82. The van der Waals surface area contributed by atoms with Crippen LogP contribution in [0.5, 0.6) is 0 Å². The van der Waals surface area contributed by atoms with Crippen LogP contribution in [-0.2, 0) is 11.5 Å². The quantitative estimate of drug-likeness (QED) is 0.335. The number of aromatic nitrogens is 6. The minimum absolute atomic E-state index is 0.0291. The normalized spacial score (nSPS) is 10.5. The summed E-state index contributed by atoms with van der Waals surface area (Å²) in [5.41, 5.74) is 9.91. The van der Waals surface area contributed by atoms with Gasteiger partial charge in [-0.15, -0.1) is 0 Å². The third-order valence-electron chi connectivity index (χ3n) is 2.75. The predicted molar refractivity (Wildman–Crippen MR) is 84.8 cm³/mol. The van der Waals surface area contributed by atoms with Gasteiger partial charge in [-0.3, -0.25) is 19.3 Å². The molecule has 25 heavy (non-hydrogen) atoms. The van der Waals surface area contributed by atoms with Gasteiger partial charge < -0.3 is 21.3 Å². The smallest absolute Gasteiger partial charge is 0.346 e. The van der Waals surface area contributed by atoms with Crippen LogP contribution in [0, 0.1) is 5.82 Å². The molecule has 3 rings (SSSR count). The maximum absolute atomic E-state index is 12.1. The molecule has 3 aromatic heterocycles. The summed E-state index contributed by atoms with van der Waals surface area (Å²) >= 11 is 0. The van der Waals surface area contributed by atoms with Gasteiger partial charge in [-0.25, -0.2) is 14.2 Å². The Kier molecular flexibility index (Phi) is 5.75. The molecule has 0 saturated carbocycles. The van der Waals surface area contributed by atoms with Crippen molar-refractivity contribution in [3.8, 4) is 0 Å². The van der Waals surface area contributed by atoms with Gasteiger partial charge >= 0.3 is 5.69 Å². The number of rotatable bonds is 4. The number of hydrogen-bond acceptors (Lipinski definition) is 9. The molecule has 0 fully saturated rings. The van der Waals surface area contributed by atoms with Crippen molar-refractivity contribution in [3.05, 3.63) is 39.2 Å². The largest absolute Gasteiger partial charge is 0.394 e. The zero-order valence-electron chi connectivity index (χ0n) is 12.8. The lowest BCUT2D eigenvalue weighted by Gasteiger charge is -2.03. The van der Waals surface area contributed by atoms with E-state index in [9.17, 15) is 14.0 Å². The molecule has 0 atom stereocenters. The fourth-order valence-corrected chi connectivity index (χ4v) is 1.68. The molecule has 3 heterocycles. The summed E-state index contributed by atoms with van der Waals surface area (Å²) < 4.78 is 18.8. The van der Waals surface area contributed by atoms with Crippen LogP contribution in [0.3, 0.4) is 0 Å². The van der Waals surface area contributed by atoms with Crippen molar-refractivity contribution in [2.24, 2.45) is 0 Å². The predicted octanol–water partition coefficient (Wildman–Crippen LogP) is -1.84. The monoisotopic (exact) mass is 354 g/mol. The van der Waals surface area contributed by atoms with Gasteiger partial charge in [-0.2, -0.15) is 9.97 Å². The van der Waals surface area contributed by atoms with Gasteiger partial charge in [0, 0.05) is 0 Å². The molecule has 0 unspecified atom stereocenters. The second kappa shape index (κ2) is 7.98. The molecular weight excluding hydrogens is 339 g/mol. The molecule has 7 N–H and O–H groups in total. The molecule has 12 nitrogen and oxygen atoms in total. The van der Waals surface area contributed by atoms with E-state index in [1.807, 2.05) is 4.98 Å². The van der Waals surface area contributed by atoms with E-state index in [1.54, 1.807) is 0 Å². The lowest BCUT2D eigenvalue weighted by Crippen LogP contribution is -2.13. The minimum atomic E-state index is -0.713. The average Bonchev–Trinajstić information content (AvgIpc) is 2.95. The number of ether oxygens (including phenoxy) is 1. The Balaban J connectivity index is 0.000000212. The number of nitrogens with zero attached hydrogens (tertiary/aromatic N) is 4. The fraction of sp³-hybridized carbons (Fsp3) is 0.250. The van der Waals surface area contributed by atoms with Crippen LogP contribution in [0.25, 0.3) is 11.2 Å². The van der Waals surface area contributed by atoms with E-state index in [0.29, 0.717) is 5.65 Å². The summed E-state index contributed by atoms with van der Waals surface area (Å²) in [6.07, 6.45) is 2.21. The Labute approximate surface area is 138 Å². The molecule has 0 bridgehead atoms. The molecule has 134 valence electrons. The Morgan fingerprint density at radius 2 is 2.04 bits per heavy atom. The van der Waals surface area contributed by atoms with Gasteiger partial charge in [0.25, 0.3) is 5.56 Å². The number of nitrogen functional groups attached to an aromatic ring is 2. The first kappa shape index (κ1) is 18.0. The van der Waals surface area contributed by atoms with Gasteiger partial charge in [-0.1, -0.05) is 0 Å². The van der Waals surface area contributed by atoms with Crippen LogP contribution in [-0.4, -0.2) is 47.8 Å². The number of nitrogens with one attached hydrogen (secondary N) is 2. The van der Waals surface area contributed by atoms with E-state index in [1.165, 1.54) is 10.9 Å². The maximum Gasteiger partial charge on any atom is 0.346 e. The molecule has 0 aliphatic rings. The van der Waals surface area contributed by atoms with Gasteiger partial charge in [0.1, 0.15) is 12.5 Å². The number of hydrogen-bond donors (Lipinski definition) is 5. The maximum atomic E-state index is 12.1. The van der Waals surface area contributed by atoms with Gasteiger partial charge in [-0.05, 0) is 0 Å². The van der Waals surface area contributed by atoms with Crippen LogP contribution in [0.2, 0.25) is 0 Å². The number of H-pyrrole nitrogens is 2. The fourth-order valence-electron chi connectivity index (χ4n) is 1.68. The summed E-state index contributed by atoms with van der Waals surface area (Å²) in [5, 5.41) is 8.56. The van der Waals surface area contributed by atoms with Crippen LogP contribution in [0.15, 0.2) is 22.1 Å². The molecule has 0 spiro atoms. The molecule has 0 amide bonds. The van der Waals surface area contributed by atoms with E-state index < -0.39 is 11.5 Å². The van der Waals surface area contributed by atoms with Crippen LogP contribution < -0.4 is 22.7 Å². The molecule has 0 radical (unpaired) electrons. The Bertz CT molecular complexity index is 966. The topological polar surface area (TPSA) is 191 Å². The van der Waals surface area contributed by atoms with Gasteiger partial charge in [0.2, 0.25) is 5.95 Å². The summed E-state index contributed by atoms with van der Waals surface area (Å²) in [4.78, 5) is 36.9.